The number of carbonyl (C=O) groups is 3. The van der Waals surface area contributed by atoms with Gasteiger partial charge in [-0.15, -0.1) is 0 Å². The van der Waals surface area contributed by atoms with E-state index in [0.717, 1.165) is 0 Å². The number of carbonyl (C=O) groups excluding carboxylic acids is 3. The molecular weight excluding hydrogens is 393 g/mol. The number of nitrogens with zero attached hydrogens (tertiary/aromatic N) is 2. The maximum atomic E-state index is 12.4. The van der Waals surface area contributed by atoms with Crippen molar-refractivity contribution in [3.05, 3.63) is 23.9 Å². The number of halogens is 3. The first-order valence-corrected chi connectivity index (χ1v) is 8.98. The molecule has 2 fully saturated rings. The summed E-state index contributed by atoms with van der Waals surface area (Å²) in [6, 6.07) is 2.70. The Morgan fingerprint density at radius 1 is 1.34 bits per heavy atom. The number of hydrazine groups is 1. The van der Waals surface area contributed by atoms with E-state index in [2.05, 4.69) is 26.5 Å². The van der Waals surface area contributed by atoms with E-state index in [9.17, 15) is 27.6 Å². The van der Waals surface area contributed by atoms with Gasteiger partial charge >= 0.3 is 6.18 Å². The van der Waals surface area contributed by atoms with E-state index in [0.29, 0.717) is 13.0 Å². The Hall–Kier alpha value is -2.89. The van der Waals surface area contributed by atoms with Gasteiger partial charge in [0.25, 0.3) is 11.8 Å². The average molecular weight is 414 g/mol. The maximum absolute atomic E-state index is 12.4. The van der Waals surface area contributed by atoms with Gasteiger partial charge in [0.2, 0.25) is 5.91 Å². The molecule has 0 spiro atoms. The summed E-state index contributed by atoms with van der Waals surface area (Å²) in [7, 11) is 0. The van der Waals surface area contributed by atoms with Crippen molar-refractivity contribution in [3.8, 4) is 0 Å². The Labute approximate surface area is 164 Å². The first-order valence-electron chi connectivity index (χ1n) is 8.98. The van der Waals surface area contributed by atoms with Crippen LogP contribution < -0.4 is 21.5 Å². The molecule has 2 saturated heterocycles. The zero-order chi connectivity index (χ0) is 21.2. The Balaban J connectivity index is 1.55. The number of hydrogen-bond acceptors (Lipinski definition) is 6. The Morgan fingerprint density at radius 3 is 2.69 bits per heavy atom. The van der Waals surface area contributed by atoms with Crippen LogP contribution in [0.15, 0.2) is 18.3 Å². The van der Waals surface area contributed by atoms with E-state index in [4.69, 9.17) is 0 Å². The van der Waals surface area contributed by atoms with Crippen molar-refractivity contribution in [2.24, 2.45) is 5.41 Å². The lowest BCUT2D eigenvalue weighted by Gasteiger charge is -2.40. The first kappa shape index (κ1) is 20.8. The molecule has 3 rings (SSSR count). The number of nitrogens with one attached hydrogen (secondary N) is 4. The lowest BCUT2D eigenvalue weighted by atomic mass is 9.88. The van der Waals surface area contributed by atoms with Gasteiger partial charge in [0, 0.05) is 25.8 Å². The molecule has 1 atom stereocenters. The minimum atomic E-state index is -4.26. The van der Waals surface area contributed by atoms with Crippen LogP contribution in [-0.4, -0.2) is 66.0 Å². The molecule has 158 valence electrons. The fraction of sp³-hybridized carbons (Fsp3) is 0.529. The van der Waals surface area contributed by atoms with Crippen LogP contribution in [0.3, 0.4) is 0 Å². The fourth-order valence-corrected chi connectivity index (χ4v) is 3.21. The van der Waals surface area contributed by atoms with Gasteiger partial charge in [0.15, 0.2) is 0 Å². The van der Waals surface area contributed by atoms with Gasteiger partial charge in [-0.05, 0) is 25.5 Å². The second kappa shape index (κ2) is 7.85. The van der Waals surface area contributed by atoms with Crippen molar-refractivity contribution in [2.45, 2.75) is 25.6 Å². The summed E-state index contributed by atoms with van der Waals surface area (Å²) in [6.45, 7) is 1.21. The van der Waals surface area contributed by atoms with E-state index < -0.39 is 35.9 Å². The largest absolute Gasteiger partial charge is 0.401 e. The standard InChI is InChI=1S/C17H21F3N6O3/c1-16(4-6-22-14(16)28)15(29)25-24-13(27)11-3-2-5-21-12(11)23-10-7-26(8-10)9-17(18,19)20/h2-3,5,10H,4,6-9H2,1H3,(H,21,23)(H,22,28)(H,24,27)(H,25,29). The van der Waals surface area contributed by atoms with Crippen molar-refractivity contribution < 1.29 is 27.6 Å². The Bertz CT molecular complexity index is 812. The summed E-state index contributed by atoms with van der Waals surface area (Å²) in [5.41, 5.74) is 3.35. The molecule has 2 aliphatic rings. The predicted octanol–water partition coefficient (Wildman–Crippen LogP) is 0.0272. The minimum absolute atomic E-state index is 0.114. The normalized spacial score (nSPS) is 22.6. The van der Waals surface area contributed by atoms with Gasteiger partial charge < -0.3 is 10.6 Å². The third kappa shape index (κ3) is 4.75. The van der Waals surface area contributed by atoms with Gasteiger partial charge in [-0.3, -0.25) is 30.1 Å². The molecule has 0 aliphatic carbocycles. The van der Waals surface area contributed by atoms with Crippen LogP contribution in [-0.2, 0) is 9.59 Å². The topological polar surface area (TPSA) is 115 Å². The zero-order valence-corrected chi connectivity index (χ0v) is 15.6. The SMILES string of the molecule is CC1(C(=O)NNC(=O)c2cccnc2NC2CN(CC(F)(F)F)C2)CCNC1=O. The fourth-order valence-electron chi connectivity index (χ4n) is 3.21. The summed E-state index contributed by atoms with van der Waals surface area (Å²) in [4.78, 5) is 41.8. The quantitative estimate of drug-likeness (QED) is 0.399. The zero-order valence-electron chi connectivity index (χ0n) is 15.6. The third-order valence-electron chi connectivity index (χ3n) is 4.96. The van der Waals surface area contributed by atoms with Crippen molar-refractivity contribution in [1.29, 1.82) is 0 Å². The second-order valence-corrected chi connectivity index (χ2v) is 7.30. The van der Waals surface area contributed by atoms with E-state index in [1.807, 2.05) is 0 Å². The van der Waals surface area contributed by atoms with Crippen molar-refractivity contribution in [3.63, 3.8) is 0 Å². The van der Waals surface area contributed by atoms with E-state index in [-0.39, 0.29) is 30.5 Å². The molecule has 2 aliphatic heterocycles. The molecule has 9 nitrogen and oxygen atoms in total. The van der Waals surface area contributed by atoms with E-state index in [1.165, 1.54) is 30.2 Å². The van der Waals surface area contributed by atoms with Crippen molar-refractivity contribution in [1.82, 2.24) is 26.1 Å². The van der Waals surface area contributed by atoms with Crippen LogP contribution in [0.4, 0.5) is 19.0 Å². The van der Waals surface area contributed by atoms with Crippen molar-refractivity contribution >= 4 is 23.5 Å². The molecule has 12 heteroatoms. The number of rotatable bonds is 5. The van der Waals surface area contributed by atoms with E-state index in [1.54, 1.807) is 0 Å². The van der Waals surface area contributed by atoms with Crippen LogP contribution >= 0.6 is 0 Å². The number of pyridine rings is 1. The third-order valence-corrected chi connectivity index (χ3v) is 4.96. The molecule has 29 heavy (non-hydrogen) atoms. The lowest BCUT2D eigenvalue weighted by molar-refractivity contribution is -0.153. The first-order chi connectivity index (χ1) is 13.6. The van der Waals surface area contributed by atoms with Crippen molar-refractivity contribution in [2.75, 3.05) is 31.5 Å². The van der Waals surface area contributed by atoms with E-state index >= 15 is 0 Å². The number of hydrogen-bond donors (Lipinski definition) is 4. The second-order valence-electron chi connectivity index (χ2n) is 7.30. The van der Waals surface area contributed by atoms with Gasteiger partial charge in [-0.25, -0.2) is 4.98 Å². The highest BCUT2D eigenvalue weighted by Crippen LogP contribution is 2.26. The van der Waals surface area contributed by atoms with Crippen LogP contribution in [0, 0.1) is 5.41 Å². The van der Waals surface area contributed by atoms with Gasteiger partial charge in [0.05, 0.1) is 18.2 Å². The van der Waals surface area contributed by atoms with Crippen LogP contribution in [0.2, 0.25) is 0 Å². The highest BCUT2D eigenvalue weighted by molar-refractivity contribution is 6.07. The van der Waals surface area contributed by atoms with Gasteiger partial charge in [-0.1, -0.05) is 0 Å². The molecule has 0 saturated carbocycles. The molecule has 1 unspecified atom stereocenters. The summed E-state index contributed by atoms with van der Waals surface area (Å²) >= 11 is 0. The highest BCUT2D eigenvalue weighted by Gasteiger charge is 2.45. The Kier molecular flexibility index (Phi) is 5.64. The molecule has 3 heterocycles. The number of likely N-dealkylation sites (tertiary alicyclic amines) is 1. The maximum Gasteiger partial charge on any atom is 0.401 e. The predicted molar refractivity (Wildman–Crippen MR) is 95.5 cm³/mol. The summed E-state index contributed by atoms with van der Waals surface area (Å²) in [5.74, 6) is -1.52. The summed E-state index contributed by atoms with van der Waals surface area (Å²) < 4.78 is 37.1. The van der Waals surface area contributed by atoms with Crippen LogP contribution in [0.25, 0.3) is 0 Å². The van der Waals surface area contributed by atoms with Crippen LogP contribution in [0.5, 0.6) is 0 Å². The molecular formula is C17H21F3N6O3. The molecule has 0 radical (unpaired) electrons. The number of aromatic nitrogens is 1. The molecule has 3 amide bonds. The van der Waals surface area contributed by atoms with Crippen LogP contribution in [0.1, 0.15) is 23.7 Å². The smallest absolute Gasteiger partial charge is 0.364 e. The molecule has 1 aromatic rings. The minimum Gasteiger partial charge on any atom is -0.364 e. The summed E-state index contributed by atoms with van der Waals surface area (Å²) in [5, 5.41) is 5.51. The monoisotopic (exact) mass is 414 g/mol. The molecule has 0 bridgehead atoms. The number of alkyl halides is 3. The van der Waals surface area contributed by atoms with Gasteiger partial charge in [-0.2, -0.15) is 13.2 Å². The molecule has 0 aromatic carbocycles. The average Bonchev–Trinajstić information content (AvgIpc) is 2.97. The Morgan fingerprint density at radius 2 is 2.07 bits per heavy atom. The molecule has 4 N–H and O–H groups in total. The number of amides is 3. The highest BCUT2D eigenvalue weighted by atomic mass is 19.4. The summed E-state index contributed by atoms with van der Waals surface area (Å²) in [6.07, 6.45) is -2.51. The lowest BCUT2D eigenvalue weighted by Crippen LogP contribution is -2.57. The number of anilines is 1. The molecule has 1 aromatic heterocycles. The van der Waals surface area contributed by atoms with Gasteiger partial charge in [0.1, 0.15) is 11.2 Å².